The van der Waals surface area contributed by atoms with Crippen LogP contribution >= 0.6 is 0 Å². The van der Waals surface area contributed by atoms with E-state index in [2.05, 4.69) is 10.6 Å². The number of unbranched alkanes of at least 4 members (excludes halogenated alkanes) is 1. The Labute approximate surface area is 136 Å². The summed E-state index contributed by atoms with van der Waals surface area (Å²) in [5, 5.41) is 14.1. The Morgan fingerprint density at radius 2 is 1.61 bits per heavy atom. The van der Waals surface area contributed by atoms with Crippen LogP contribution in [0.2, 0.25) is 0 Å². The molecule has 0 heterocycles. The lowest BCUT2D eigenvalue weighted by Crippen LogP contribution is -2.22. The number of hydrogen-bond donors (Lipinski definition) is 3. The van der Waals surface area contributed by atoms with E-state index < -0.39 is 5.97 Å². The molecule has 6 heteroatoms. The largest absolute Gasteiger partial charge is 0.481 e. The highest BCUT2D eigenvalue weighted by molar-refractivity contribution is 5.90. The van der Waals surface area contributed by atoms with Crippen molar-refractivity contribution in [2.75, 3.05) is 5.32 Å². The van der Waals surface area contributed by atoms with Gasteiger partial charge < -0.3 is 15.7 Å². The van der Waals surface area contributed by atoms with Crippen molar-refractivity contribution < 1.29 is 19.5 Å². The predicted molar refractivity (Wildman–Crippen MR) is 87.9 cm³/mol. The number of amides is 2. The number of benzene rings is 1. The van der Waals surface area contributed by atoms with E-state index in [1.165, 1.54) is 0 Å². The van der Waals surface area contributed by atoms with Crippen LogP contribution in [0.25, 0.3) is 0 Å². The summed E-state index contributed by atoms with van der Waals surface area (Å²) in [5.74, 6) is -0.929. The fraction of sp³-hybridized carbons (Fsp3) is 0.471. The normalized spacial score (nSPS) is 10.1. The molecule has 0 saturated carbocycles. The maximum Gasteiger partial charge on any atom is 0.303 e. The number of anilines is 1. The molecule has 6 nitrogen and oxygen atoms in total. The van der Waals surface area contributed by atoms with Gasteiger partial charge in [0.2, 0.25) is 11.8 Å². The van der Waals surface area contributed by atoms with E-state index in [4.69, 9.17) is 5.11 Å². The minimum absolute atomic E-state index is 0.00471. The molecule has 0 fully saturated rings. The average molecular weight is 320 g/mol. The van der Waals surface area contributed by atoms with Crippen LogP contribution in [0.1, 0.15) is 51.0 Å². The van der Waals surface area contributed by atoms with Crippen LogP contribution in [-0.4, -0.2) is 22.9 Å². The molecule has 2 amide bonds. The number of rotatable bonds is 10. The average Bonchev–Trinajstić information content (AvgIpc) is 2.51. The van der Waals surface area contributed by atoms with Crippen LogP contribution < -0.4 is 10.6 Å². The van der Waals surface area contributed by atoms with Gasteiger partial charge in [0.1, 0.15) is 0 Å². The first kappa shape index (κ1) is 18.7. The van der Waals surface area contributed by atoms with Gasteiger partial charge in [-0.05, 0) is 37.0 Å². The zero-order valence-corrected chi connectivity index (χ0v) is 13.4. The van der Waals surface area contributed by atoms with Gasteiger partial charge in [0.25, 0.3) is 0 Å². The van der Waals surface area contributed by atoms with Gasteiger partial charge in [-0.25, -0.2) is 0 Å². The molecule has 0 bridgehead atoms. The van der Waals surface area contributed by atoms with E-state index in [1.54, 1.807) is 0 Å². The highest BCUT2D eigenvalue weighted by Gasteiger charge is 2.04. The maximum atomic E-state index is 11.6. The number of nitrogens with one attached hydrogen (secondary N) is 2. The Morgan fingerprint density at radius 1 is 0.957 bits per heavy atom. The summed E-state index contributed by atoms with van der Waals surface area (Å²) < 4.78 is 0. The van der Waals surface area contributed by atoms with E-state index in [1.807, 2.05) is 31.2 Å². The molecule has 0 aliphatic carbocycles. The number of aliphatic carboxylic acids is 1. The molecule has 126 valence electrons. The van der Waals surface area contributed by atoms with Gasteiger partial charge in [0.15, 0.2) is 0 Å². The predicted octanol–water partition coefficient (Wildman–Crippen LogP) is 2.69. The van der Waals surface area contributed by atoms with Crippen molar-refractivity contribution in [3.63, 3.8) is 0 Å². The van der Waals surface area contributed by atoms with Gasteiger partial charge in [-0.15, -0.1) is 0 Å². The second-order valence-electron chi connectivity index (χ2n) is 5.37. The molecule has 0 saturated heterocycles. The Kier molecular flexibility index (Phi) is 8.42. The van der Waals surface area contributed by atoms with Crippen molar-refractivity contribution in [3.05, 3.63) is 29.8 Å². The molecule has 0 atom stereocenters. The van der Waals surface area contributed by atoms with Crippen LogP contribution in [0.4, 0.5) is 5.69 Å². The first-order chi connectivity index (χ1) is 11.0. The second kappa shape index (κ2) is 10.4. The molecular formula is C17H24N2O4. The highest BCUT2D eigenvalue weighted by Crippen LogP contribution is 2.10. The van der Waals surface area contributed by atoms with Gasteiger partial charge in [-0.3, -0.25) is 14.4 Å². The van der Waals surface area contributed by atoms with Crippen LogP contribution in [-0.2, 0) is 20.9 Å². The number of hydrogen-bond acceptors (Lipinski definition) is 3. The first-order valence-electron chi connectivity index (χ1n) is 7.88. The number of carboxylic acids is 1. The summed E-state index contributed by atoms with van der Waals surface area (Å²) in [6.45, 7) is 2.37. The summed E-state index contributed by atoms with van der Waals surface area (Å²) in [6, 6.07) is 7.32. The van der Waals surface area contributed by atoms with Crippen molar-refractivity contribution in [2.45, 2.75) is 52.0 Å². The van der Waals surface area contributed by atoms with Crippen LogP contribution in [0.15, 0.2) is 24.3 Å². The third-order valence-corrected chi connectivity index (χ3v) is 3.25. The molecule has 0 aliphatic heterocycles. The van der Waals surface area contributed by atoms with Crippen LogP contribution in [0.5, 0.6) is 0 Å². The molecule has 0 unspecified atom stereocenters. The van der Waals surface area contributed by atoms with Crippen molar-refractivity contribution in [3.8, 4) is 0 Å². The fourth-order valence-corrected chi connectivity index (χ4v) is 2.01. The van der Waals surface area contributed by atoms with Crippen LogP contribution in [0, 0.1) is 0 Å². The Hall–Kier alpha value is -2.37. The molecule has 1 rings (SSSR count). The first-order valence-corrected chi connectivity index (χ1v) is 7.88. The molecular weight excluding hydrogens is 296 g/mol. The lowest BCUT2D eigenvalue weighted by molar-refractivity contribution is -0.137. The SMILES string of the molecule is CCCC(=O)Nc1ccc(CNC(=O)CCCCC(=O)O)cc1. The molecule has 0 spiro atoms. The summed E-state index contributed by atoms with van der Waals surface area (Å²) in [4.78, 5) is 33.5. The number of carbonyl (C=O) groups is 3. The minimum atomic E-state index is -0.837. The number of carboxylic acid groups (broad SMARTS) is 1. The van der Waals surface area contributed by atoms with E-state index in [0.29, 0.717) is 32.2 Å². The smallest absolute Gasteiger partial charge is 0.303 e. The summed E-state index contributed by atoms with van der Waals surface area (Å²) in [6.07, 6.45) is 2.81. The Morgan fingerprint density at radius 3 is 2.22 bits per heavy atom. The molecule has 0 aliphatic rings. The highest BCUT2D eigenvalue weighted by atomic mass is 16.4. The summed E-state index contributed by atoms with van der Waals surface area (Å²) >= 11 is 0. The zero-order valence-electron chi connectivity index (χ0n) is 13.4. The lowest BCUT2D eigenvalue weighted by Gasteiger charge is -2.07. The quantitative estimate of drug-likeness (QED) is 0.578. The summed E-state index contributed by atoms with van der Waals surface area (Å²) in [5.41, 5.74) is 1.68. The van der Waals surface area contributed by atoms with E-state index in [9.17, 15) is 14.4 Å². The van der Waals surface area contributed by atoms with Crippen molar-refractivity contribution in [1.29, 1.82) is 0 Å². The molecule has 1 aromatic rings. The maximum absolute atomic E-state index is 11.6. The van der Waals surface area contributed by atoms with Crippen molar-refractivity contribution in [2.24, 2.45) is 0 Å². The van der Waals surface area contributed by atoms with E-state index >= 15 is 0 Å². The third-order valence-electron chi connectivity index (χ3n) is 3.25. The topological polar surface area (TPSA) is 95.5 Å². The standard InChI is InChI=1S/C17H24N2O4/c1-2-5-16(21)19-14-10-8-13(9-11-14)12-18-15(20)6-3-4-7-17(22)23/h8-11H,2-7,12H2,1H3,(H,18,20)(H,19,21)(H,22,23). The lowest BCUT2D eigenvalue weighted by atomic mass is 10.1. The second-order valence-corrected chi connectivity index (χ2v) is 5.37. The van der Waals surface area contributed by atoms with Gasteiger partial charge >= 0.3 is 5.97 Å². The minimum Gasteiger partial charge on any atom is -0.481 e. The van der Waals surface area contributed by atoms with Gasteiger partial charge in [0.05, 0.1) is 0 Å². The van der Waals surface area contributed by atoms with Gasteiger partial charge in [-0.1, -0.05) is 19.1 Å². The van der Waals surface area contributed by atoms with E-state index in [-0.39, 0.29) is 18.2 Å². The molecule has 0 radical (unpaired) electrons. The van der Waals surface area contributed by atoms with Crippen molar-refractivity contribution in [1.82, 2.24) is 5.32 Å². The fourth-order valence-electron chi connectivity index (χ4n) is 2.01. The third kappa shape index (κ3) is 8.60. The molecule has 23 heavy (non-hydrogen) atoms. The molecule has 3 N–H and O–H groups in total. The monoisotopic (exact) mass is 320 g/mol. The van der Waals surface area contributed by atoms with Crippen molar-refractivity contribution >= 4 is 23.5 Å². The number of carbonyl (C=O) groups excluding carboxylic acids is 2. The molecule has 0 aromatic heterocycles. The van der Waals surface area contributed by atoms with Crippen LogP contribution in [0.3, 0.4) is 0 Å². The van der Waals surface area contributed by atoms with E-state index in [0.717, 1.165) is 17.7 Å². The van der Waals surface area contributed by atoms with Gasteiger partial charge in [0, 0.05) is 31.5 Å². The zero-order chi connectivity index (χ0) is 17.1. The Balaban J connectivity index is 2.28. The Bertz CT molecular complexity index is 526. The van der Waals surface area contributed by atoms with Gasteiger partial charge in [-0.2, -0.15) is 0 Å². The summed E-state index contributed by atoms with van der Waals surface area (Å²) in [7, 11) is 0. The molecule has 1 aromatic carbocycles.